The van der Waals surface area contributed by atoms with E-state index in [9.17, 15) is 18.3 Å². The fourth-order valence-corrected chi connectivity index (χ4v) is 12.1. The van der Waals surface area contributed by atoms with Crippen molar-refractivity contribution < 1.29 is 18.3 Å². The lowest BCUT2D eigenvalue weighted by atomic mass is 9.91. The van der Waals surface area contributed by atoms with Crippen molar-refractivity contribution in [3.63, 3.8) is 0 Å². The fraction of sp³-hybridized carbons (Fsp3) is 0.250. The van der Waals surface area contributed by atoms with Gasteiger partial charge in [0, 0.05) is 6.54 Å². The maximum absolute atomic E-state index is 14.1. The van der Waals surface area contributed by atoms with E-state index in [4.69, 9.17) is 0 Å². The number of carbonyl (C=O) groups is 1. The predicted molar refractivity (Wildman–Crippen MR) is 143 cm³/mol. The summed E-state index contributed by atoms with van der Waals surface area (Å²) in [5.74, 6) is -0.788. The highest BCUT2D eigenvalue weighted by atomic mass is 32.2. The first-order chi connectivity index (χ1) is 16.9. The van der Waals surface area contributed by atoms with Crippen LogP contribution in [0.3, 0.4) is 0 Å². The van der Waals surface area contributed by atoms with E-state index in [1.165, 1.54) is 4.31 Å². The van der Waals surface area contributed by atoms with Crippen molar-refractivity contribution in [2.24, 2.45) is 0 Å². The van der Waals surface area contributed by atoms with Gasteiger partial charge in [-0.15, -0.1) is 0 Å². The number of carbonyl (C=O) groups excluding carboxylic acids is 1. The number of aliphatic hydroxyl groups excluding tert-OH is 1. The molecule has 180 valence electrons. The summed E-state index contributed by atoms with van der Waals surface area (Å²) < 4.78 is 28.5. The first kappa shape index (κ1) is 23.9. The zero-order chi connectivity index (χ0) is 24.7. The molecule has 0 aromatic heterocycles. The summed E-state index contributed by atoms with van der Waals surface area (Å²) in [6.07, 6.45) is 1.62. The monoisotopic (exact) mass is 506 g/mol. The number of Topliss-reactive ketones (excluding diaryl/α,β-unsaturated/α-hetero) is 1. The highest BCUT2D eigenvalue weighted by molar-refractivity contribution is 7.97. The molecule has 0 aliphatic carbocycles. The molecule has 1 fully saturated rings. The fourth-order valence-electron chi connectivity index (χ4n) is 5.74. The van der Waals surface area contributed by atoms with Gasteiger partial charge < -0.3 is 5.11 Å². The van der Waals surface area contributed by atoms with Crippen LogP contribution in [0.4, 0.5) is 0 Å². The summed E-state index contributed by atoms with van der Waals surface area (Å²) >= 11 is 0. The second kappa shape index (κ2) is 9.02. The van der Waals surface area contributed by atoms with Crippen LogP contribution in [-0.2, 0) is 14.8 Å². The Bertz CT molecular complexity index is 1280. The van der Waals surface area contributed by atoms with Crippen molar-refractivity contribution in [1.29, 1.82) is 0 Å². The zero-order valence-electron chi connectivity index (χ0n) is 19.7. The third-order valence-electron chi connectivity index (χ3n) is 7.44. The van der Waals surface area contributed by atoms with E-state index in [2.05, 4.69) is 0 Å². The first-order valence-electron chi connectivity index (χ1n) is 11.9. The first-order valence-corrected chi connectivity index (χ1v) is 15.3. The van der Waals surface area contributed by atoms with Crippen LogP contribution in [0.1, 0.15) is 26.2 Å². The highest BCUT2D eigenvalue weighted by Crippen LogP contribution is 2.57. The van der Waals surface area contributed by atoms with Crippen LogP contribution in [0.2, 0.25) is 0 Å². The number of sulfonamides is 1. The van der Waals surface area contributed by atoms with Crippen molar-refractivity contribution in [2.45, 2.75) is 31.7 Å². The van der Waals surface area contributed by atoms with Crippen molar-refractivity contribution in [3.8, 4) is 0 Å². The molecular weight excluding hydrogens is 477 g/mol. The average Bonchev–Trinajstić information content (AvgIpc) is 3.41. The lowest BCUT2D eigenvalue weighted by Gasteiger charge is -2.29. The van der Waals surface area contributed by atoms with Gasteiger partial charge in [0.05, 0.1) is 5.54 Å². The van der Waals surface area contributed by atoms with Gasteiger partial charge in [0.2, 0.25) is 5.78 Å². The Kier molecular flexibility index (Phi) is 6.16. The minimum absolute atomic E-state index is 0.0166. The number of hydrogen-bond donors (Lipinski definition) is 1. The topological polar surface area (TPSA) is 74.7 Å². The smallest absolute Gasteiger partial charge is 0.251 e. The lowest BCUT2D eigenvalue weighted by molar-refractivity contribution is -0.112. The molecule has 5 rings (SSSR count). The molecule has 1 saturated heterocycles. The number of allylic oxidation sites excluding steroid dienone is 1. The number of benzene rings is 3. The molecule has 5 nitrogen and oxygen atoms in total. The quantitative estimate of drug-likeness (QED) is 0.493. The van der Waals surface area contributed by atoms with Crippen LogP contribution in [0.15, 0.2) is 102 Å². The normalized spacial score (nSPS) is 21.7. The second-order valence-electron chi connectivity index (χ2n) is 9.14. The molecule has 0 spiro atoms. The molecule has 0 saturated carbocycles. The molecule has 0 amide bonds. The van der Waals surface area contributed by atoms with Gasteiger partial charge in [-0.05, 0) is 55.7 Å². The Balaban J connectivity index is 1.73. The summed E-state index contributed by atoms with van der Waals surface area (Å²) in [6.45, 7) is 2.19. The SMILES string of the molecule is CCC12CCCN1S(=O)(=O)C(C(=O)C[P+](c1ccccc1)(c1ccccc1)c1ccccc1)=C2O. The van der Waals surface area contributed by atoms with E-state index in [0.29, 0.717) is 25.8 Å². The van der Waals surface area contributed by atoms with Gasteiger partial charge in [0.1, 0.15) is 35.1 Å². The Labute approximate surface area is 207 Å². The minimum Gasteiger partial charge on any atom is -0.509 e. The Morgan fingerprint density at radius 1 is 0.886 bits per heavy atom. The molecule has 1 unspecified atom stereocenters. The molecule has 3 aromatic rings. The van der Waals surface area contributed by atoms with E-state index < -0.39 is 33.5 Å². The number of fused-ring (bicyclic) bond motifs is 1. The van der Waals surface area contributed by atoms with Gasteiger partial charge in [-0.25, -0.2) is 8.42 Å². The van der Waals surface area contributed by atoms with E-state index in [-0.39, 0.29) is 11.9 Å². The molecular formula is C28H29NO4PS+. The summed E-state index contributed by atoms with van der Waals surface area (Å²) in [4.78, 5) is 13.7. The molecule has 2 heterocycles. The van der Waals surface area contributed by atoms with E-state index in [1.54, 1.807) is 0 Å². The van der Waals surface area contributed by atoms with Crippen LogP contribution in [0.5, 0.6) is 0 Å². The number of rotatable bonds is 7. The maximum Gasteiger partial charge on any atom is 0.251 e. The van der Waals surface area contributed by atoms with E-state index >= 15 is 0 Å². The molecule has 35 heavy (non-hydrogen) atoms. The van der Waals surface area contributed by atoms with Gasteiger partial charge in [-0.3, -0.25) is 4.79 Å². The largest absolute Gasteiger partial charge is 0.509 e. The standard InChI is InChI=1S/C28H28NO4PS/c1-2-28-19-12-20-29(28)35(32,33)26(27(28)31)25(30)21-34(22-13-6-3-7-14-22,23-15-8-4-9-16-23)24-17-10-5-11-18-24/h3-11,13-18H,2,12,19-21H2,1H3/p+1. The molecule has 1 N–H and O–H groups in total. The molecule has 1 atom stereocenters. The lowest BCUT2D eigenvalue weighted by Crippen LogP contribution is -2.42. The van der Waals surface area contributed by atoms with E-state index in [0.717, 1.165) is 15.9 Å². The van der Waals surface area contributed by atoms with Gasteiger partial charge in [-0.1, -0.05) is 61.5 Å². The van der Waals surface area contributed by atoms with Crippen LogP contribution in [-0.4, -0.2) is 41.9 Å². The average molecular weight is 507 g/mol. The van der Waals surface area contributed by atoms with Gasteiger partial charge >= 0.3 is 0 Å². The van der Waals surface area contributed by atoms with Gasteiger partial charge in [0.15, 0.2) is 4.91 Å². The molecule has 0 bridgehead atoms. The molecule has 2 aliphatic heterocycles. The van der Waals surface area contributed by atoms with Crippen molar-refractivity contribution >= 4 is 39.0 Å². The second-order valence-corrected chi connectivity index (χ2v) is 14.4. The van der Waals surface area contributed by atoms with Crippen LogP contribution >= 0.6 is 7.26 Å². The summed E-state index contributed by atoms with van der Waals surface area (Å²) in [5, 5.41) is 14.3. The van der Waals surface area contributed by atoms with Gasteiger partial charge in [0.25, 0.3) is 10.0 Å². The van der Waals surface area contributed by atoms with Crippen molar-refractivity contribution in [1.82, 2.24) is 4.31 Å². The third kappa shape index (κ3) is 3.58. The highest BCUT2D eigenvalue weighted by Gasteiger charge is 2.60. The van der Waals surface area contributed by atoms with Crippen LogP contribution in [0, 0.1) is 0 Å². The number of ketones is 1. The predicted octanol–water partition coefficient (Wildman–Crippen LogP) is 3.91. The number of aliphatic hydroxyl groups is 1. The van der Waals surface area contributed by atoms with E-state index in [1.807, 2.05) is 97.9 Å². The Hall–Kier alpha value is -2.79. The molecule has 7 heteroatoms. The molecule has 3 aromatic carbocycles. The maximum atomic E-state index is 14.1. The minimum atomic E-state index is -4.07. The summed E-state index contributed by atoms with van der Waals surface area (Å²) in [5.41, 5.74) is -0.989. The zero-order valence-corrected chi connectivity index (χ0v) is 21.4. The van der Waals surface area contributed by atoms with Crippen molar-refractivity contribution in [2.75, 3.05) is 12.7 Å². The molecule has 2 aliphatic rings. The third-order valence-corrected chi connectivity index (χ3v) is 13.8. The van der Waals surface area contributed by atoms with Crippen LogP contribution in [0.25, 0.3) is 0 Å². The summed E-state index contributed by atoms with van der Waals surface area (Å²) in [7, 11) is -6.65. The van der Waals surface area contributed by atoms with Crippen molar-refractivity contribution in [3.05, 3.63) is 102 Å². The molecule has 0 radical (unpaired) electrons. The van der Waals surface area contributed by atoms with Gasteiger partial charge in [-0.2, -0.15) is 4.31 Å². The number of nitrogens with zero attached hydrogens (tertiary/aromatic N) is 1. The summed E-state index contributed by atoms with van der Waals surface area (Å²) in [6, 6.07) is 29.6. The Morgan fingerprint density at radius 3 is 1.74 bits per heavy atom. The van der Waals surface area contributed by atoms with Crippen LogP contribution < -0.4 is 15.9 Å². The number of hydrogen-bond acceptors (Lipinski definition) is 4. The Morgan fingerprint density at radius 2 is 1.34 bits per heavy atom.